The molecule has 22 nitrogen and oxygen atoms in total. The van der Waals surface area contributed by atoms with Crippen LogP contribution in [0.3, 0.4) is 0 Å². The number of amides is 3. The number of carbonyl (C=O) groups excluding carboxylic acids is 6. The first kappa shape index (κ1) is 88.7. The number of carbonyl (C=O) groups is 6. The van der Waals surface area contributed by atoms with E-state index in [-0.39, 0.29) is 59.5 Å². The van der Waals surface area contributed by atoms with E-state index in [4.69, 9.17) is 49.2 Å². The summed E-state index contributed by atoms with van der Waals surface area (Å²) in [4.78, 5) is 74.8. The van der Waals surface area contributed by atoms with Gasteiger partial charge in [-0.15, -0.1) is 0 Å². The lowest BCUT2D eigenvalue weighted by Gasteiger charge is -2.50. The molecule has 5 atom stereocenters. The van der Waals surface area contributed by atoms with Gasteiger partial charge in [-0.05, 0) is 178 Å². The van der Waals surface area contributed by atoms with Crippen LogP contribution in [0.15, 0.2) is 150 Å². The zero-order chi connectivity index (χ0) is 79.2. The third kappa shape index (κ3) is 24.1. The van der Waals surface area contributed by atoms with Crippen LogP contribution in [0, 0.1) is 0 Å². The molecule has 26 heteroatoms. The van der Waals surface area contributed by atoms with Crippen LogP contribution in [-0.4, -0.2) is 189 Å². The van der Waals surface area contributed by atoms with Crippen molar-refractivity contribution in [2.75, 3.05) is 39.5 Å². The Hall–Kier alpha value is -6.89. The second kappa shape index (κ2) is 35.9. The number of esters is 1. The molecule has 0 spiro atoms. The summed E-state index contributed by atoms with van der Waals surface area (Å²) in [5.74, 6) is -1.29. The summed E-state index contributed by atoms with van der Waals surface area (Å²) < 4.78 is 70.7. The molecule has 8 rings (SSSR count). The molecular formula is C79H115ClN4O18SSi2. The number of ketones is 2. The minimum absolute atomic E-state index is 0.125. The molecule has 1 aliphatic carbocycles. The first-order valence-electron chi connectivity index (χ1n) is 35.6. The number of hydrogen-bond acceptors (Lipinski definition) is 18. The van der Waals surface area contributed by atoms with Crippen molar-refractivity contribution in [1.29, 1.82) is 0 Å². The van der Waals surface area contributed by atoms with Gasteiger partial charge in [0.2, 0.25) is 10.0 Å². The van der Waals surface area contributed by atoms with Gasteiger partial charge in [0.15, 0.2) is 23.2 Å². The van der Waals surface area contributed by atoms with Crippen molar-refractivity contribution in [3.05, 3.63) is 151 Å². The quantitative estimate of drug-likeness (QED) is 0.0259. The van der Waals surface area contributed by atoms with Gasteiger partial charge in [-0.25, -0.2) is 27.6 Å². The van der Waals surface area contributed by atoms with E-state index in [1.165, 1.54) is 62.9 Å². The number of aliphatic hydroxyl groups is 3. The van der Waals surface area contributed by atoms with Gasteiger partial charge in [-0.2, -0.15) is 4.31 Å². The lowest BCUT2D eigenvalue weighted by Crippen LogP contribution is -2.67. The Morgan fingerprint density at radius 1 is 0.619 bits per heavy atom. The molecule has 0 bridgehead atoms. The van der Waals surface area contributed by atoms with Gasteiger partial charge < -0.3 is 63.4 Å². The number of nitrogens with one attached hydrogen (secondary N) is 2. The number of hydrogen-bond donors (Lipinski definition) is 5. The van der Waals surface area contributed by atoms with Crippen molar-refractivity contribution in [1.82, 2.24) is 19.8 Å². The molecule has 2 saturated heterocycles. The number of benzene rings is 5. The highest BCUT2D eigenvalue weighted by atomic mass is 35.5. The van der Waals surface area contributed by atoms with E-state index < -0.39 is 115 Å². The number of nitrogens with zero attached hydrogens (tertiary/aromatic N) is 2. The van der Waals surface area contributed by atoms with Crippen LogP contribution in [0.1, 0.15) is 165 Å². The van der Waals surface area contributed by atoms with E-state index in [0.717, 1.165) is 20.7 Å². The number of morpholine rings is 1. The Bertz CT molecular complexity index is 3700. The third-order valence-corrected chi connectivity index (χ3v) is 30.8. The predicted molar refractivity (Wildman–Crippen MR) is 413 cm³/mol. The van der Waals surface area contributed by atoms with Crippen molar-refractivity contribution in [3.8, 4) is 0 Å². The fourth-order valence-electron chi connectivity index (χ4n) is 11.9. The fraction of sp³-hybridized carbons (Fsp3) is 0.544. The molecule has 0 unspecified atom stereocenters. The van der Waals surface area contributed by atoms with Crippen LogP contribution in [0.25, 0.3) is 0 Å². The third-order valence-electron chi connectivity index (χ3n) is 18.5. The maximum absolute atomic E-state index is 13.7. The van der Waals surface area contributed by atoms with Gasteiger partial charge in [0.25, 0.3) is 16.6 Å². The molecule has 2 heterocycles. The van der Waals surface area contributed by atoms with Crippen molar-refractivity contribution in [2.24, 2.45) is 0 Å². The number of alkyl carbamates (subject to hydrolysis) is 2. The molecule has 0 aromatic heterocycles. The van der Waals surface area contributed by atoms with E-state index in [1.54, 1.807) is 53.7 Å². The molecule has 0 radical (unpaired) electrons. The molecule has 1 saturated carbocycles. The molecule has 3 fully saturated rings. The molecule has 2 aliphatic heterocycles. The fourth-order valence-corrected chi connectivity index (χ4v) is 23.2. The number of β-amino-alcohol motifs (C(OH)–C–C–N with tert-alkyl or cyclic N) is 1. The Balaban J connectivity index is 0.000000271. The number of ether oxygens (including phenoxy) is 5. The lowest BCUT2D eigenvalue weighted by molar-refractivity contribution is -0.165. The molecular weight excluding hydrogens is 1420 g/mol. The second-order valence-electron chi connectivity index (χ2n) is 32.5. The van der Waals surface area contributed by atoms with Crippen molar-refractivity contribution in [2.45, 2.75) is 244 Å². The van der Waals surface area contributed by atoms with Crippen LogP contribution in [-0.2, 0) is 56.9 Å². The largest absolute Gasteiger partial charge is 0.450 e. The topological polar surface area (TPSA) is 292 Å². The average Bonchev–Trinajstić information content (AvgIpc) is 1.66. The van der Waals surface area contributed by atoms with Crippen molar-refractivity contribution >= 4 is 94.8 Å². The monoisotopic (exact) mass is 1530 g/mol. The number of Topliss-reactive ketones (excluding diaryl/α,β-unsaturated/α-hetero) is 2. The summed E-state index contributed by atoms with van der Waals surface area (Å²) in [5.41, 5.74) is -5.52. The SMILES string of the molecule is CC(=O)C(C)(C)O.CC(=O)C(C)(C)OC(=O)[C@H](CO[Si](c1ccccc1)(c1ccccc1)C(C)(C)C)NC(=O)OC(C)(C)C.CC(C)(C)OC(=O)N[C@H](CO)CO[Si](c1ccccc1)(c1ccccc1)C(C)(C)C.C[C@H]1N(S(=O)(=O)c2ccc(Cl)cc2)[C@@H](C2(OC(=O)N3CC[C@@H](O)C3)CC2)COC1(C)C. The van der Waals surface area contributed by atoms with Gasteiger partial charge in [-0.3, -0.25) is 9.59 Å². The van der Waals surface area contributed by atoms with Gasteiger partial charge in [-0.1, -0.05) is 174 Å². The van der Waals surface area contributed by atoms with E-state index in [2.05, 4.69) is 76.4 Å². The van der Waals surface area contributed by atoms with E-state index in [1.807, 2.05) is 118 Å². The highest BCUT2D eigenvalue weighted by Crippen LogP contribution is 2.50. The van der Waals surface area contributed by atoms with Crippen LogP contribution in [0.4, 0.5) is 14.4 Å². The van der Waals surface area contributed by atoms with E-state index >= 15 is 0 Å². The number of sulfonamides is 1. The molecule has 580 valence electrons. The van der Waals surface area contributed by atoms with Crippen molar-refractivity contribution in [3.63, 3.8) is 0 Å². The summed E-state index contributed by atoms with van der Waals surface area (Å²) in [6, 6.07) is 43.6. The number of likely N-dealkylation sites (tertiary alicyclic amines) is 1. The minimum atomic E-state index is -3.91. The summed E-state index contributed by atoms with van der Waals surface area (Å²) >= 11 is 5.95. The lowest BCUT2D eigenvalue weighted by atomic mass is 9.94. The highest BCUT2D eigenvalue weighted by molar-refractivity contribution is 7.89. The summed E-state index contributed by atoms with van der Waals surface area (Å²) in [7, 11) is -9.64. The number of rotatable bonds is 21. The number of halogens is 1. The molecule has 5 aromatic rings. The van der Waals surface area contributed by atoms with Gasteiger partial charge >= 0.3 is 24.2 Å². The van der Waals surface area contributed by atoms with E-state index in [0.29, 0.717) is 30.8 Å². The van der Waals surface area contributed by atoms with Crippen LogP contribution < -0.4 is 31.4 Å². The van der Waals surface area contributed by atoms with E-state index in [9.17, 15) is 47.4 Å². The smallest absolute Gasteiger partial charge is 0.410 e. The van der Waals surface area contributed by atoms with Gasteiger partial charge in [0, 0.05) is 18.1 Å². The zero-order valence-corrected chi connectivity index (χ0v) is 68.8. The molecule has 105 heavy (non-hydrogen) atoms. The Labute approximate surface area is 629 Å². The normalized spacial score (nSPS) is 18.3. The predicted octanol–water partition coefficient (Wildman–Crippen LogP) is 10.8. The minimum Gasteiger partial charge on any atom is -0.450 e. The Morgan fingerprint density at radius 2 is 1.02 bits per heavy atom. The average molecular weight is 1530 g/mol. The molecule has 5 aromatic carbocycles. The van der Waals surface area contributed by atoms with Crippen molar-refractivity contribution < 1.29 is 85.0 Å². The maximum Gasteiger partial charge on any atom is 0.410 e. The Kier molecular flexibility index (Phi) is 30.3. The Morgan fingerprint density at radius 3 is 1.36 bits per heavy atom. The summed E-state index contributed by atoms with van der Waals surface area (Å²) in [5, 5.41) is 38.0. The maximum atomic E-state index is 13.7. The second-order valence-corrected chi connectivity index (χ2v) is 43.4. The van der Waals surface area contributed by atoms with Gasteiger partial charge in [0.1, 0.15) is 22.4 Å². The van der Waals surface area contributed by atoms with Gasteiger partial charge in [0.05, 0.1) is 61.2 Å². The van der Waals surface area contributed by atoms with Crippen LogP contribution >= 0.6 is 11.6 Å². The molecule has 3 amide bonds. The molecule has 3 aliphatic rings. The first-order chi connectivity index (χ1) is 48.4. The van der Waals surface area contributed by atoms with Crippen LogP contribution in [0.2, 0.25) is 15.1 Å². The standard InChI is InChI=1S/C29H41NO6Si.C24H35NO4Si.C21H29ClN2O6S.C5H10O2/c1-21(31)29(8,9)35-25(32)24(30-26(33)36-27(2,3)4)20-34-37(28(5,6)7,22-16-12-10-13-17-22)23-18-14-11-15-19-23;1-23(2,3)29-22(27)25-19(17-26)18-28-30(24(4,5)6,20-13-9-7-10-14-20)21-15-11-8-12-16-21;1-14-20(2,3)29-13-18(24(14)31(27,28)17-6-4-15(22)5-7-17)21(9-10-21)30-19(26)23-11-8-16(25)12-23;1-4(6)5(2,3)7/h10-19,24H,20H2,1-9H3,(H,30,33);7-16,19,26H,17-18H2,1-6H3,(H,25,27);4-7,14,16,18,25H,8-13H2,1-3H3;7H,1-3H3/t24-;19-;14-,16-,18-;/m011./s1. The van der Waals surface area contributed by atoms with Crippen LogP contribution in [0.5, 0.6) is 0 Å². The zero-order valence-electron chi connectivity index (χ0n) is 65.3. The summed E-state index contributed by atoms with van der Waals surface area (Å²) in [6.45, 7) is 38.3. The summed E-state index contributed by atoms with van der Waals surface area (Å²) in [6.07, 6.45) is -0.782. The highest BCUT2D eigenvalue weighted by Gasteiger charge is 2.63. The first-order valence-corrected chi connectivity index (χ1v) is 41.2. The number of aliphatic hydroxyl groups excluding tert-OH is 2. The molecule has 5 N–H and O–H groups in total.